The maximum Gasteiger partial charge on any atom is 0.237 e. The van der Waals surface area contributed by atoms with Crippen molar-refractivity contribution >= 4 is 5.91 Å². The van der Waals surface area contributed by atoms with Gasteiger partial charge in [-0.1, -0.05) is 0 Å². The van der Waals surface area contributed by atoms with E-state index in [1.807, 2.05) is 0 Å². The molecule has 1 saturated carbocycles. The fourth-order valence-electron chi connectivity index (χ4n) is 3.06. The van der Waals surface area contributed by atoms with E-state index >= 15 is 0 Å². The third kappa shape index (κ3) is 2.38. The van der Waals surface area contributed by atoms with Gasteiger partial charge in [-0.3, -0.25) is 9.69 Å². The van der Waals surface area contributed by atoms with Crippen molar-refractivity contribution in [3.05, 3.63) is 0 Å². The van der Waals surface area contributed by atoms with Gasteiger partial charge < -0.3 is 10.4 Å². The van der Waals surface area contributed by atoms with Crippen molar-refractivity contribution in [3.8, 4) is 0 Å². The highest BCUT2D eigenvalue weighted by atomic mass is 16.3. The van der Waals surface area contributed by atoms with E-state index in [0.717, 1.165) is 45.1 Å². The van der Waals surface area contributed by atoms with E-state index in [-0.39, 0.29) is 18.1 Å². The summed E-state index contributed by atoms with van der Waals surface area (Å²) in [5.41, 5.74) is 0. The number of amides is 1. The van der Waals surface area contributed by atoms with Gasteiger partial charge in [0.2, 0.25) is 5.91 Å². The molecule has 2 aliphatic rings. The minimum atomic E-state index is -0.114. The number of likely N-dealkylation sites (N-methyl/N-ethyl adjacent to an activating group) is 1. The Morgan fingerprint density at radius 3 is 2.56 bits per heavy atom. The predicted molar refractivity (Wildman–Crippen MR) is 62.1 cm³/mol. The number of carbonyl (C=O) groups excluding carboxylic acids is 1. The molecule has 0 spiro atoms. The van der Waals surface area contributed by atoms with Crippen molar-refractivity contribution in [2.45, 2.75) is 56.7 Å². The Balaban J connectivity index is 1.94. The SMILES string of the molecule is CNC(=O)C1CCCN1C1CCC(O)CC1. The summed E-state index contributed by atoms with van der Waals surface area (Å²) in [6.45, 7) is 1.04. The van der Waals surface area contributed by atoms with Gasteiger partial charge in [0.05, 0.1) is 12.1 Å². The van der Waals surface area contributed by atoms with Crippen molar-refractivity contribution < 1.29 is 9.90 Å². The minimum Gasteiger partial charge on any atom is -0.393 e. The molecule has 0 radical (unpaired) electrons. The van der Waals surface area contributed by atoms with Crippen molar-refractivity contribution in [3.63, 3.8) is 0 Å². The second kappa shape index (κ2) is 5.15. The lowest BCUT2D eigenvalue weighted by Crippen LogP contribution is -2.48. The number of rotatable bonds is 2. The van der Waals surface area contributed by atoms with Gasteiger partial charge in [-0.25, -0.2) is 0 Å². The van der Waals surface area contributed by atoms with Crippen LogP contribution in [0.15, 0.2) is 0 Å². The molecule has 4 heteroatoms. The molecule has 1 aliphatic heterocycles. The highest BCUT2D eigenvalue weighted by Gasteiger charge is 2.36. The Labute approximate surface area is 97.0 Å². The van der Waals surface area contributed by atoms with Crippen LogP contribution in [0.25, 0.3) is 0 Å². The summed E-state index contributed by atoms with van der Waals surface area (Å²) in [5, 5.41) is 12.2. The molecular weight excluding hydrogens is 204 g/mol. The van der Waals surface area contributed by atoms with Crippen molar-refractivity contribution in [2.75, 3.05) is 13.6 Å². The molecule has 2 fully saturated rings. The van der Waals surface area contributed by atoms with Gasteiger partial charge in [0.25, 0.3) is 0 Å². The molecule has 0 aromatic heterocycles. The fraction of sp³-hybridized carbons (Fsp3) is 0.917. The highest BCUT2D eigenvalue weighted by Crippen LogP contribution is 2.29. The molecule has 4 nitrogen and oxygen atoms in total. The Morgan fingerprint density at radius 1 is 1.25 bits per heavy atom. The molecule has 1 unspecified atom stereocenters. The van der Waals surface area contributed by atoms with Gasteiger partial charge in [0.15, 0.2) is 0 Å². The van der Waals surface area contributed by atoms with Gasteiger partial charge in [0, 0.05) is 13.1 Å². The third-order valence-corrected chi connectivity index (χ3v) is 3.98. The molecule has 0 bridgehead atoms. The molecule has 16 heavy (non-hydrogen) atoms. The molecule has 1 aliphatic carbocycles. The molecule has 1 atom stereocenters. The first-order chi connectivity index (χ1) is 7.72. The molecule has 2 N–H and O–H groups in total. The highest BCUT2D eigenvalue weighted by molar-refractivity contribution is 5.81. The maximum atomic E-state index is 11.7. The topological polar surface area (TPSA) is 52.6 Å². The zero-order valence-electron chi connectivity index (χ0n) is 9.98. The van der Waals surface area contributed by atoms with Gasteiger partial charge in [-0.2, -0.15) is 0 Å². The maximum absolute atomic E-state index is 11.7. The van der Waals surface area contributed by atoms with Crippen LogP contribution in [0.2, 0.25) is 0 Å². The summed E-state index contributed by atoms with van der Waals surface area (Å²) in [4.78, 5) is 14.1. The van der Waals surface area contributed by atoms with Gasteiger partial charge in [-0.05, 0) is 45.1 Å². The third-order valence-electron chi connectivity index (χ3n) is 3.98. The smallest absolute Gasteiger partial charge is 0.237 e. The van der Waals surface area contributed by atoms with Gasteiger partial charge in [0.1, 0.15) is 0 Å². The quantitative estimate of drug-likeness (QED) is 0.721. The van der Waals surface area contributed by atoms with Crippen LogP contribution in [0.3, 0.4) is 0 Å². The van der Waals surface area contributed by atoms with E-state index in [0.29, 0.717) is 6.04 Å². The van der Waals surface area contributed by atoms with Crippen LogP contribution < -0.4 is 5.32 Å². The van der Waals surface area contributed by atoms with Crippen LogP contribution in [-0.4, -0.2) is 47.7 Å². The van der Waals surface area contributed by atoms with Crippen molar-refractivity contribution in [1.29, 1.82) is 0 Å². The Morgan fingerprint density at radius 2 is 1.94 bits per heavy atom. The standard InChI is InChI=1S/C12H22N2O2/c1-13-12(16)11-3-2-8-14(11)9-4-6-10(15)7-5-9/h9-11,15H,2-8H2,1H3,(H,13,16). The normalized spacial score (nSPS) is 36.2. The number of hydrogen-bond donors (Lipinski definition) is 2. The van der Waals surface area contributed by atoms with Crippen molar-refractivity contribution in [2.24, 2.45) is 0 Å². The zero-order valence-corrected chi connectivity index (χ0v) is 9.98. The van der Waals surface area contributed by atoms with E-state index in [2.05, 4.69) is 10.2 Å². The first kappa shape index (κ1) is 11.9. The molecule has 0 aromatic rings. The molecule has 92 valence electrons. The number of likely N-dealkylation sites (tertiary alicyclic amines) is 1. The van der Waals surface area contributed by atoms with Gasteiger partial charge in [-0.15, -0.1) is 0 Å². The summed E-state index contributed by atoms with van der Waals surface area (Å²) in [7, 11) is 1.71. The fourth-order valence-corrected chi connectivity index (χ4v) is 3.06. The summed E-state index contributed by atoms with van der Waals surface area (Å²) in [6, 6.07) is 0.582. The monoisotopic (exact) mass is 226 g/mol. The summed E-state index contributed by atoms with van der Waals surface area (Å²) in [5.74, 6) is 0.156. The number of nitrogens with one attached hydrogen (secondary N) is 1. The zero-order chi connectivity index (χ0) is 11.5. The number of hydrogen-bond acceptors (Lipinski definition) is 3. The number of aliphatic hydroxyl groups excluding tert-OH is 1. The average Bonchev–Trinajstić information content (AvgIpc) is 2.78. The van der Waals surface area contributed by atoms with Gasteiger partial charge >= 0.3 is 0 Å². The Kier molecular flexibility index (Phi) is 3.82. The molecular formula is C12H22N2O2. The first-order valence-electron chi connectivity index (χ1n) is 6.37. The number of carbonyl (C=O) groups is 1. The summed E-state index contributed by atoms with van der Waals surface area (Å²) < 4.78 is 0. The Bertz CT molecular complexity index is 249. The van der Waals surface area contributed by atoms with E-state index in [9.17, 15) is 9.90 Å². The van der Waals surface area contributed by atoms with Crippen LogP contribution >= 0.6 is 0 Å². The van der Waals surface area contributed by atoms with E-state index < -0.39 is 0 Å². The molecule has 1 saturated heterocycles. The van der Waals surface area contributed by atoms with Crippen LogP contribution in [0.4, 0.5) is 0 Å². The second-order valence-electron chi connectivity index (χ2n) is 4.97. The number of aliphatic hydroxyl groups is 1. The lowest BCUT2D eigenvalue weighted by molar-refractivity contribution is -0.126. The molecule has 1 heterocycles. The van der Waals surface area contributed by atoms with E-state index in [1.54, 1.807) is 7.05 Å². The summed E-state index contributed by atoms with van der Waals surface area (Å²) >= 11 is 0. The first-order valence-corrected chi connectivity index (χ1v) is 6.37. The minimum absolute atomic E-state index is 0.0743. The van der Waals surface area contributed by atoms with E-state index in [1.165, 1.54) is 0 Å². The van der Waals surface area contributed by atoms with Crippen LogP contribution in [0.1, 0.15) is 38.5 Å². The predicted octanol–water partition coefficient (Wildman–Crippen LogP) is 0.500. The van der Waals surface area contributed by atoms with Crippen LogP contribution in [0.5, 0.6) is 0 Å². The van der Waals surface area contributed by atoms with Crippen LogP contribution in [0, 0.1) is 0 Å². The van der Waals surface area contributed by atoms with Crippen LogP contribution in [-0.2, 0) is 4.79 Å². The lowest BCUT2D eigenvalue weighted by atomic mass is 9.91. The molecule has 1 amide bonds. The summed E-state index contributed by atoms with van der Waals surface area (Å²) in [6.07, 6.45) is 5.85. The molecule has 0 aromatic carbocycles. The molecule has 2 rings (SSSR count). The largest absolute Gasteiger partial charge is 0.393 e. The lowest BCUT2D eigenvalue weighted by Gasteiger charge is -2.36. The van der Waals surface area contributed by atoms with Crippen molar-refractivity contribution in [1.82, 2.24) is 10.2 Å². The van der Waals surface area contributed by atoms with E-state index in [4.69, 9.17) is 0 Å². The Hall–Kier alpha value is -0.610. The number of nitrogens with zero attached hydrogens (tertiary/aromatic N) is 1. The second-order valence-corrected chi connectivity index (χ2v) is 4.97. The average molecular weight is 226 g/mol.